The third-order valence-electron chi connectivity index (χ3n) is 4.48. The van der Waals surface area contributed by atoms with Gasteiger partial charge in [0.15, 0.2) is 0 Å². The Kier molecular flexibility index (Phi) is 3.28. The summed E-state index contributed by atoms with van der Waals surface area (Å²) in [5.41, 5.74) is 3.68. The Hall–Kier alpha value is -1.40. The fourth-order valence-electron chi connectivity index (χ4n) is 3.57. The van der Waals surface area contributed by atoms with Gasteiger partial charge in [0, 0.05) is 0 Å². The molecule has 1 heterocycles. The molecule has 0 aliphatic heterocycles. The Bertz CT molecular complexity index is 458. The van der Waals surface area contributed by atoms with Crippen molar-refractivity contribution in [1.82, 2.24) is 15.4 Å². The van der Waals surface area contributed by atoms with Gasteiger partial charge >= 0.3 is 0 Å². The van der Waals surface area contributed by atoms with Crippen molar-refractivity contribution in [1.29, 1.82) is 0 Å². The van der Waals surface area contributed by atoms with E-state index in [9.17, 15) is 0 Å². The highest BCUT2D eigenvalue weighted by atomic mass is 16.5. The molecule has 1 aromatic rings. The number of rotatable bonds is 5. The second-order valence-corrected chi connectivity index (χ2v) is 5.29. The third kappa shape index (κ3) is 2.04. The first-order valence-electron chi connectivity index (χ1n) is 6.71. The van der Waals surface area contributed by atoms with Gasteiger partial charge in [-0.1, -0.05) is 6.42 Å². The van der Waals surface area contributed by atoms with Crippen molar-refractivity contribution in [3.8, 4) is 11.8 Å². The van der Waals surface area contributed by atoms with Crippen LogP contribution in [0, 0.1) is 17.8 Å². The minimum atomic E-state index is 0.0173. The summed E-state index contributed by atoms with van der Waals surface area (Å²) in [6.07, 6.45) is 5.56. The van der Waals surface area contributed by atoms with Gasteiger partial charge in [-0.15, -0.1) is 0 Å². The van der Waals surface area contributed by atoms with Crippen LogP contribution in [-0.2, 0) is 0 Å². The van der Waals surface area contributed by atoms with E-state index in [2.05, 4.69) is 15.4 Å². The van der Waals surface area contributed by atoms with Crippen LogP contribution >= 0.6 is 0 Å². The maximum Gasteiger partial charge on any atom is 0.240 e. The van der Waals surface area contributed by atoms with Crippen molar-refractivity contribution in [2.45, 2.75) is 25.3 Å². The van der Waals surface area contributed by atoms with E-state index in [0.29, 0.717) is 17.7 Å². The molecule has 3 unspecified atom stereocenters. The second kappa shape index (κ2) is 4.94. The molecule has 0 saturated heterocycles. The summed E-state index contributed by atoms with van der Waals surface area (Å²) in [7, 11) is 3.15. The lowest BCUT2D eigenvalue weighted by Gasteiger charge is -2.19. The largest absolute Gasteiger partial charge is 0.480 e. The summed E-state index contributed by atoms with van der Waals surface area (Å²) in [6, 6.07) is 0.0173. The molecule has 1 aromatic heterocycles. The summed E-state index contributed by atoms with van der Waals surface area (Å²) in [5, 5.41) is 0. The van der Waals surface area contributed by atoms with E-state index in [1.807, 2.05) is 0 Å². The van der Waals surface area contributed by atoms with E-state index in [4.69, 9.17) is 15.3 Å². The lowest BCUT2D eigenvalue weighted by molar-refractivity contribution is 0.338. The zero-order chi connectivity index (χ0) is 13.4. The fraction of sp³-hybridized carbons (Fsp3) is 0.692. The van der Waals surface area contributed by atoms with E-state index in [0.717, 1.165) is 17.5 Å². The Labute approximate surface area is 112 Å². The molecule has 0 aromatic carbocycles. The summed E-state index contributed by atoms with van der Waals surface area (Å²) in [6.45, 7) is 0. The minimum absolute atomic E-state index is 0.0173. The molecule has 2 aliphatic rings. The van der Waals surface area contributed by atoms with Crippen LogP contribution in [0.5, 0.6) is 11.8 Å². The lowest BCUT2D eigenvalue weighted by atomic mass is 10.0. The van der Waals surface area contributed by atoms with E-state index in [1.165, 1.54) is 19.3 Å². The molecule has 3 atom stereocenters. The first-order chi connectivity index (χ1) is 9.30. The zero-order valence-corrected chi connectivity index (χ0v) is 11.3. The van der Waals surface area contributed by atoms with Crippen LogP contribution in [0.3, 0.4) is 0 Å². The Balaban J connectivity index is 1.87. The molecule has 0 bridgehead atoms. The van der Waals surface area contributed by atoms with Crippen molar-refractivity contribution in [3.05, 3.63) is 11.9 Å². The van der Waals surface area contributed by atoms with Crippen LogP contribution < -0.4 is 20.7 Å². The normalized spacial score (nSPS) is 29.7. The SMILES string of the molecule is COc1cnc(C(NN)C2C3CCCC32)c(OC)n1. The van der Waals surface area contributed by atoms with Gasteiger partial charge < -0.3 is 9.47 Å². The second-order valence-electron chi connectivity index (χ2n) is 5.29. The van der Waals surface area contributed by atoms with E-state index in [-0.39, 0.29) is 6.04 Å². The van der Waals surface area contributed by atoms with Gasteiger partial charge in [0.05, 0.1) is 26.5 Å². The number of nitrogens with one attached hydrogen (secondary N) is 1. The molecule has 0 amide bonds. The van der Waals surface area contributed by atoms with Crippen molar-refractivity contribution >= 4 is 0 Å². The van der Waals surface area contributed by atoms with Gasteiger partial charge in [-0.3, -0.25) is 11.3 Å². The summed E-state index contributed by atoms with van der Waals surface area (Å²) >= 11 is 0. The van der Waals surface area contributed by atoms with Gasteiger partial charge in [0.1, 0.15) is 5.69 Å². The zero-order valence-electron chi connectivity index (χ0n) is 11.3. The van der Waals surface area contributed by atoms with Crippen LogP contribution in [0.25, 0.3) is 0 Å². The predicted octanol–water partition coefficient (Wildman–Crippen LogP) is 1.04. The molecule has 6 nitrogen and oxygen atoms in total. The highest BCUT2D eigenvalue weighted by Gasteiger charge is 2.56. The topological polar surface area (TPSA) is 82.3 Å². The molecule has 19 heavy (non-hydrogen) atoms. The quantitative estimate of drug-likeness (QED) is 0.611. The first kappa shape index (κ1) is 12.6. The smallest absolute Gasteiger partial charge is 0.240 e. The predicted molar refractivity (Wildman–Crippen MR) is 69.5 cm³/mol. The number of ether oxygens (including phenoxy) is 2. The average molecular weight is 264 g/mol. The molecule has 0 radical (unpaired) electrons. The number of nitrogens with two attached hydrogens (primary N) is 1. The minimum Gasteiger partial charge on any atom is -0.480 e. The van der Waals surface area contributed by atoms with Crippen LogP contribution in [-0.4, -0.2) is 24.2 Å². The Morgan fingerprint density at radius 1 is 1.32 bits per heavy atom. The number of hydrogen-bond acceptors (Lipinski definition) is 6. The lowest BCUT2D eigenvalue weighted by Crippen LogP contribution is -2.32. The molecule has 104 valence electrons. The van der Waals surface area contributed by atoms with Gasteiger partial charge in [-0.25, -0.2) is 4.98 Å². The highest BCUT2D eigenvalue weighted by Crippen LogP contribution is 2.62. The Morgan fingerprint density at radius 3 is 2.63 bits per heavy atom. The van der Waals surface area contributed by atoms with Gasteiger partial charge in [0.2, 0.25) is 11.8 Å². The van der Waals surface area contributed by atoms with Crippen molar-refractivity contribution in [3.63, 3.8) is 0 Å². The molecule has 6 heteroatoms. The van der Waals surface area contributed by atoms with Crippen LogP contribution in [0.4, 0.5) is 0 Å². The summed E-state index contributed by atoms with van der Waals surface area (Å²) in [5.74, 6) is 8.82. The van der Waals surface area contributed by atoms with Gasteiger partial charge in [-0.05, 0) is 30.6 Å². The molecule has 3 N–H and O–H groups in total. The highest BCUT2D eigenvalue weighted by molar-refractivity contribution is 5.28. The molecule has 3 rings (SSSR count). The molecular weight excluding hydrogens is 244 g/mol. The van der Waals surface area contributed by atoms with E-state index in [1.54, 1.807) is 20.4 Å². The Morgan fingerprint density at radius 2 is 2.05 bits per heavy atom. The molecule has 2 aliphatic carbocycles. The van der Waals surface area contributed by atoms with Crippen LogP contribution in [0.1, 0.15) is 31.0 Å². The third-order valence-corrected chi connectivity index (χ3v) is 4.48. The van der Waals surface area contributed by atoms with Crippen LogP contribution in [0.15, 0.2) is 6.20 Å². The van der Waals surface area contributed by atoms with Gasteiger partial charge in [-0.2, -0.15) is 4.98 Å². The summed E-state index contributed by atoms with van der Waals surface area (Å²) in [4.78, 5) is 8.71. The number of hydrogen-bond donors (Lipinski definition) is 2. The standard InChI is InChI=1S/C13H20N4O2/c1-18-9-6-15-12(13(16-9)19-2)11(17-14)10-7-4-3-5-8(7)10/h6-8,10-11,17H,3-5,14H2,1-2H3. The van der Waals surface area contributed by atoms with Crippen molar-refractivity contribution in [2.75, 3.05) is 14.2 Å². The number of aromatic nitrogens is 2. The average Bonchev–Trinajstić information content (AvgIpc) is 2.92. The number of nitrogens with zero attached hydrogens (tertiary/aromatic N) is 2. The van der Waals surface area contributed by atoms with Crippen molar-refractivity contribution < 1.29 is 9.47 Å². The van der Waals surface area contributed by atoms with E-state index < -0.39 is 0 Å². The molecule has 0 spiro atoms. The van der Waals surface area contributed by atoms with E-state index >= 15 is 0 Å². The number of hydrazine groups is 1. The number of fused-ring (bicyclic) bond motifs is 1. The number of methoxy groups -OCH3 is 2. The maximum atomic E-state index is 5.74. The maximum absolute atomic E-state index is 5.74. The van der Waals surface area contributed by atoms with Crippen molar-refractivity contribution in [2.24, 2.45) is 23.6 Å². The van der Waals surface area contributed by atoms with Crippen LogP contribution in [0.2, 0.25) is 0 Å². The monoisotopic (exact) mass is 264 g/mol. The molecular formula is C13H20N4O2. The molecule has 2 saturated carbocycles. The summed E-state index contributed by atoms with van der Waals surface area (Å²) < 4.78 is 10.4. The van der Waals surface area contributed by atoms with Gasteiger partial charge in [0.25, 0.3) is 0 Å². The molecule has 2 fully saturated rings. The first-order valence-corrected chi connectivity index (χ1v) is 6.71. The fourth-order valence-corrected chi connectivity index (χ4v) is 3.57.